The molecule has 2 aromatic rings. The Morgan fingerprint density at radius 3 is 2.72 bits per heavy atom. The van der Waals surface area contributed by atoms with Gasteiger partial charge in [-0.05, 0) is 31.9 Å². The second-order valence-electron chi connectivity index (χ2n) is 4.64. The number of carbonyl (C=O) groups is 1. The molecule has 1 aliphatic carbocycles. The van der Waals surface area contributed by atoms with Crippen LogP contribution >= 0.6 is 0 Å². The first-order valence-electron chi connectivity index (χ1n) is 6.16. The highest BCUT2D eigenvalue weighted by Crippen LogP contribution is 2.20. The molecule has 1 amide bonds. The van der Waals surface area contributed by atoms with Crippen molar-refractivity contribution in [2.24, 2.45) is 0 Å². The minimum absolute atomic E-state index is 0.0165. The van der Waals surface area contributed by atoms with Crippen molar-refractivity contribution < 1.29 is 4.79 Å². The summed E-state index contributed by atoms with van der Waals surface area (Å²) in [5, 5.41) is 7.27. The molecule has 18 heavy (non-hydrogen) atoms. The average molecular weight is 241 g/mol. The van der Waals surface area contributed by atoms with Gasteiger partial charge in [0.1, 0.15) is 0 Å². The van der Waals surface area contributed by atoms with E-state index in [1.165, 1.54) is 0 Å². The maximum Gasteiger partial charge on any atom is 0.254 e. The summed E-state index contributed by atoms with van der Waals surface area (Å²) in [5.74, 6) is -0.0165. The van der Waals surface area contributed by atoms with Crippen molar-refractivity contribution in [3.8, 4) is 5.69 Å². The van der Waals surface area contributed by atoms with E-state index in [-0.39, 0.29) is 5.91 Å². The van der Waals surface area contributed by atoms with E-state index in [4.69, 9.17) is 0 Å². The minimum atomic E-state index is -0.0165. The largest absolute Gasteiger partial charge is 0.349 e. The Bertz CT molecular complexity index is 570. The topological polar surface area (TPSA) is 46.9 Å². The third-order valence-electron chi connectivity index (χ3n) is 3.17. The Hall–Kier alpha value is -2.10. The summed E-state index contributed by atoms with van der Waals surface area (Å²) >= 11 is 0. The zero-order valence-electron chi connectivity index (χ0n) is 10.3. The van der Waals surface area contributed by atoms with Crippen molar-refractivity contribution in [1.29, 1.82) is 0 Å². The molecule has 0 atom stereocenters. The van der Waals surface area contributed by atoms with Crippen LogP contribution in [0.4, 0.5) is 0 Å². The third-order valence-corrected chi connectivity index (χ3v) is 3.17. The van der Waals surface area contributed by atoms with E-state index in [1.807, 2.05) is 37.3 Å². The summed E-state index contributed by atoms with van der Waals surface area (Å²) in [6.45, 7) is 1.92. The highest BCUT2D eigenvalue weighted by molar-refractivity contribution is 5.95. The van der Waals surface area contributed by atoms with Crippen LogP contribution in [0, 0.1) is 6.92 Å². The fraction of sp³-hybridized carbons (Fsp3) is 0.286. The minimum Gasteiger partial charge on any atom is -0.349 e. The van der Waals surface area contributed by atoms with Crippen LogP contribution in [0.25, 0.3) is 5.69 Å². The molecule has 4 nitrogen and oxygen atoms in total. The van der Waals surface area contributed by atoms with Crippen LogP contribution in [0.1, 0.15) is 28.9 Å². The monoisotopic (exact) mass is 241 g/mol. The molecule has 0 bridgehead atoms. The number of hydrogen-bond acceptors (Lipinski definition) is 2. The van der Waals surface area contributed by atoms with Gasteiger partial charge in [0.25, 0.3) is 5.91 Å². The van der Waals surface area contributed by atoms with Gasteiger partial charge in [0.15, 0.2) is 0 Å². The van der Waals surface area contributed by atoms with Gasteiger partial charge in [-0.2, -0.15) is 5.10 Å². The zero-order chi connectivity index (χ0) is 12.5. The summed E-state index contributed by atoms with van der Waals surface area (Å²) in [6.07, 6.45) is 3.83. The Labute approximate surface area is 106 Å². The van der Waals surface area contributed by atoms with Crippen LogP contribution in [0.5, 0.6) is 0 Å². The van der Waals surface area contributed by atoms with Crippen molar-refractivity contribution in [3.63, 3.8) is 0 Å². The molecule has 3 rings (SSSR count). The highest BCUT2D eigenvalue weighted by atomic mass is 16.1. The number of nitrogens with zero attached hydrogens (tertiary/aromatic N) is 2. The van der Waals surface area contributed by atoms with Gasteiger partial charge in [-0.15, -0.1) is 0 Å². The summed E-state index contributed by atoms with van der Waals surface area (Å²) in [4.78, 5) is 12.0. The van der Waals surface area contributed by atoms with Gasteiger partial charge in [-0.3, -0.25) is 4.79 Å². The Kier molecular flexibility index (Phi) is 2.63. The number of hydrogen-bond donors (Lipinski definition) is 1. The molecule has 0 saturated heterocycles. The first-order valence-corrected chi connectivity index (χ1v) is 6.16. The Morgan fingerprint density at radius 1 is 1.33 bits per heavy atom. The van der Waals surface area contributed by atoms with Crippen LogP contribution in [-0.2, 0) is 0 Å². The maximum absolute atomic E-state index is 12.0. The van der Waals surface area contributed by atoms with E-state index in [9.17, 15) is 4.79 Å². The summed E-state index contributed by atoms with van der Waals surface area (Å²) < 4.78 is 1.79. The van der Waals surface area contributed by atoms with Gasteiger partial charge in [0.05, 0.1) is 23.1 Å². The molecule has 92 valence electrons. The third kappa shape index (κ3) is 2.01. The van der Waals surface area contributed by atoms with E-state index in [2.05, 4.69) is 10.4 Å². The molecule has 4 heteroatoms. The lowest BCUT2D eigenvalue weighted by molar-refractivity contribution is 0.0950. The second kappa shape index (κ2) is 4.29. The number of rotatable bonds is 3. The molecule has 0 radical (unpaired) electrons. The first-order chi connectivity index (χ1) is 8.75. The van der Waals surface area contributed by atoms with E-state index in [0.717, 1.165) is 24.2 Å². The second-order valence-corrected chi connectivity index (χ2v) is 4.64. The van der Waals surface area contributed by atoms with Crippen molar-refractivity contribution in [2.75, 3.05) is 0 Å². The number of para-hydroxylation sites is 1. The number of nitrogens with one attached hydrogen (secondary N) is 1. The number of benzene rings is 1. The van der Waals surface area contributed by atoms with Crippen LogP contribution < -0.4 is 5.32 Å². The fourth-order valence-electron chi connectivity index (χ4n) is 1.95. The predicted octanol–water partition coefficient (Wildman–Crippen LogP) is 2.07. The normalized spacial score (nSPS) is 14.5. The van der Waals surface area contributed by atoms with Crippen LogP contribution in [-0.4, -0.2) is 21.7 Å². The van der Waals surface area contributed by atoms with Crippen molar-refractivity contribution in [2.45, 2.75) is 25.8 Å². The maximum atomic E-state index is 12.0. The number of aromatic nitrogens is 2. The Balaban J connectivity index is 1.89. The van der Waals surface area contributed by atoms with Crippen molar-refractivity contribution in [1.82, 2.24) is 15.1 Å². The smallest absolute Gasteiger partial charge is 0.254 e. The van der Waals surface area contributed by atoms with Gasteiger partial charge in [0.2, 0.25) is 0 Å². The van der Waals surface area contributed by atoms with Crippen molar-refractivity contribution >= 4 is 5.91 Å². The lowest BCUT2D eigenvalue weighted by atomic mass is 10.2. The molecule has 1 aliphatic rings. The molecule has 1 aromatic heterocycles. The molecule has 0 spiro atoms. The zero-order valence-corrected chi connectivity index (χ0v) is 10.3. The number of amides is 1. The Morgan fingerprint density at radius 2 is 2.06 bits per heavy atom. The van der Waals surface area contributed by atoms with Gasteiger partial charge >= 0.3 is 0 Å². The van der Waals surface area contributed by atoms with E-state index in [0.29, 0.717) is 11.6 Å². The molecular formula is C14H15N3O. The van der Waals surface area contributed by atoms with E-state index < -0.39 is 0 Å². The molecule has 1 N–H and O–H groups in total. The van der Waals surface area contributed by atoms with Gasteiger partial charge in [0, 0.05) is 6.04 Å². The lowest BCUT2D eigenvalue weighted by Crippen LogP contribution is -2.25. The van der Waals surface area contributed by atoms with Gasteiger partial charge in [-0.1, -0.05) is 18.2 Å². The molecule has 1 fully saturated rings. The SMILES string of the molecule is Cc1c(C(=O)NC2CC2)cnn1-c1ccccc1. The summed E-state index contributed by atoms with van der Waals surface area (Å²) in [6, 6.07) is 10.2. The predicted molar refractivity (Wildman–Crippen MR) is 68.8 cm³/mol. The molecule has 0 aliphatic heterocycles. The van der Waals surface area contributed by atoms with E-state index in [1.54, 1.807) is 10.9 Å². The average Bonchev–Trinajstić information content (AvgIpc) is 3.11. The van der Waals surface area contributed by atoms with Crippen molar-refractivity contribution in [3.05, 3.63) is 47.8 Å². The van der Waals surface area contributed by atoms with Gasteiger partial charge < -0.3 is 5.32 Å². The molecule has 1 heterocycles. The quantitative estimate of drug-likeness (QED) is 0.894. The van der Waals surface area contributed by atoms with Crippen LogP contribution in [0.15, 0.2) is 36.5 Å². The first kappa shape index (κ1) is 11.0. The van der Waals surface area contributed by atoms with Gasteiger partial charge in [-0.25, -0.2) is 4.68 Å². The van der Waals surface area contributed by atoms with Crippen LogP contribution in [0.2, 0.25) is 0 Å². The summed E-state index contributed by atoms with van der Waals surface area (Å²) in [7, 11) is 0. The van der Waals surface area contributed by atoms with E-state index >= 15 is 0 Å². The standard InChI is InChI=1S/C14H15N3O/c1-10-13(14(18)16-11-7-8-11)9-15-17(10)12-5-3-2-4-6-12/h2-6,9,11H,7-8H2,1H3,(H,16,18). The van der Waals surface area contributed by atoms with Crippen LogP contribution in [0.3, 0.4) is 0 Å². The molecule has 0 unspecified atom stereocenters. The molecular weight excluding hydrogens is 226 g/mol. The lowest BCUT2D eigenvalue weighted by Gasteiger charge is -2.05. The highest BCUT2D eigenvalue weighted by Gasteiger charge is 2.25. The molecule has 1 saturated carbocycles. The molecule has 1 aromatic carbocycles. The summed E-state index contributed by atoms with van der Waals surface area (Å²) in [5.41, 5.74) is 2.51. The number of carbonyl (C=O) groups excluding carboxylic acids is 1. The fourth-order valence-corrected chi connectivity index (χ4v) is 1.95.